The lowest BCUT2D eigenvalue weighted by Crippen LogP contribution is -2.19. The van der Waals surface area contributed by atoms with E-state index in [2.05, 4.69) is 84.8 Å². The van der Waals surface area contributed by atoms with Gasteiger partial charge in [0.05, 0.1) is 12.2 Å². The summed E-state index contributed by atoms with van der Waals surface area (Å²) in [4.78, 5) is 0. The van der Waals surface area contributed by atoms with Gasteiger partial charge in [-0.3, -0.25) is 0 Å². The zero-order valence-corrected chi connectivity index (χ0v) is 17.8. The third kappa shape index (κ3) is 5.73. The van der Waals surface area contributed by atoms with Crippen molar-refractivity contribution in [2.45, 2.75) is 78.9 Å². The molecule has 0 saturated heterocycles. The summed E-state index contributed by atoms with van der Waals surface area (Å²) < 4.78 is 6.04. The second-order valence-electron chi connectivity index (χ2n) is 9.33. The molecule has 1 rings (SSSR count). The molecule has 0 amide bonds. The largest absolute Gasteiger partial charge is 0.492 e. The van der Waals surface area contributed by atoms with E-state index in [0.29, 0.717) is 6.61 Å². The van der Waals surface area contributed by atoms with Gasteiger partial charge in [-0.05, 0) is 29.4 Å². The van der Waals surface area contributed by atoms with Crippen LogP contribution in [0.4, 0.5) is 0 Å². The molecule has 0 saturated carbocycles. The number of ether oxygens (including phenoxy) is 1. The molecular formula is C21H34OSi. The van der Waals surface area contributed by atoms with E-state index in [4.69, 9.17) is 4.74 Å². The van der Waals surface area contributed by atoms with Crippen LogP contribution < -0.4 is 4.74 Å². The van der Waals surface area contributed by atoms with Crippen molar-refractivity contribution in [2.24, 2.45) is 0 Å². The van der Waals surface area contributed by atoms with Crippen LogP contribution in [-0.2, 0) is 10.8 Å². The van der Waals surface area contributed by atoms with Crippen LogP contribution in [0.3, 0.4) is 0 Å². The fourth-order valence-electron chi connectivity index (χ4n) is 2.27. The van der Waals surface area contributed by atoms with Gasteiger partial charge in [0.25, 0.3) is 0 Å². The predicted octanol–water partition coefficient (Wildman–Crippen LogP) is 5.91. The highest BCUT2D eigenvalue weighted by Gasteiger charge is 2.25. The molecule has 0 fully saturated rings. The Hall–Kier alpha value is -1.20. The molecule has 0 N–H and O–H groups in total. The summed E-state index contributed by atoms with van der Waals surface area (Å²) in [5.41, 5.74) is 7.26. The Bertz CT molecular complexity index is 611. The van der Waals surface area contributed by atoms with Gasteiger partial charge in [0.15, 0.2) is 0 Å². The van der Waals surface area contributed by atoms with Crippen LogP contribution in [0.5, 0.6) is 5.75 Å². The summed E-state index contributed by atoms with van der Waals surface area (Å²) in [5.74, 6) is 4.42. The summed E-state index contributed by atoms with van der Waals surface area (Å²) in [6.07, 6.45) is 0. The maximum atomic E-state index is 6.04. The molecule has 0 aliphatic carbocycles. The highest BCUT2D eigenvalue weighted by Crippen LogP contribution is 2.38. The first-order chi connectivity index (χ1) is 10.3. The molecule has 0 aliphatic rings. The zero-order chi connectivity index (χ0) is 18.1. The lowest BCUT2D eigenvalue weighted by molar-refractivity contribution is 0.328. The highest BCUT2D eigenvalue weighted by molar-refractivity contribution is 6.83. The van der Waals surface area contributed by atoms with Crippen molar-refractivity contribution in [1.82, 2.24) is 0 Å². The summed E-state index contributed by atoms with van der Waals surface area (Å²) in [5, 5.41) is 0. The molecule has 23 heavy (non-hydrogen) atoms. The average Bonchev–Trinajstić information content (AvgIpc) is 2.33. The second kappa shape index (κ2) is 6.73. The van der Waals surface area contributed by atoms with Crippen molar-refractivity contribution >= 4 is 8.07 Å². The molecule has 0 bridgehead atoms. The van der Waals surface area contributed by atoms with Crippen LogP contribution in [-0.4, -0.2) is 14.7 Å². The van der Waals surface area contributed by atoms with Crippen molar-refractivity contribution in [2.75, 3.05) is 6.61 Å². The number of benzene rings is 1. The Morgan fingerprint density at radius 3 is 1.91 bits per heavy atom. The maximum Gasteiger partial charge on any atom is 0.138 e. The minimum absolute atomic E-state index is 0.0291. The monoisotopic (exact) mass is 330 g/mol. The molecule has 0 aromatic heterocycles. The molecule has 2 heteroatoms. The number of hydrogen-bond acceptors (Lipinski definition) is 1. The van der Waals surface area contributed by atoms with Crippen LogP contribution in [0.1, 0.15) is 65.2 Å². The van der Waals surface area contributed by atoms with Crippen molar-refractivity contribution in [3.05, 3.63) is 28.8 Å². The number of hydrogen-bond donors (Lipinski definition) is 0. The Morgan fingerprint density at radius 1 is 0.957 bits per heavy atom. The molecular weight excluding hydrogens is 296 g/mol. The minimum atomic E-state index is -1.43. The molecule has 1 nitrogen and oxygen atoms in total. The van der Waals surface area contributed by atoms with Crippen LogP contribution in [0.25, 0.3) is 0 Å². The Kier molecular flexibility index (Phi) is 5.81. The van der Waals surface area contributed by atoms with E-state index in [1.54, 1.807) is 0 Å². The lowest BCUT2D eigenvalue weighted by atomic mass is 9.79. The van der Waals surface area contributed by atoms with Gasteiger partial charge in [0.2, 0.25) is 0 Å². The van der Waals surface area contributed by atoms with Crippen molar-refractivity contribution in [1.29, 1.82) is 0 Å². The second-order valence-corrected chi connectivity index (χ2v) is 14.1. The van der Waals surface area contributed by atoms with Crippen molar-refractivity contribution in [3.8, 4) is 17.2 Å². The summed E-state index contributed by atoms with van der Waals surface area (Å²) in [6.45, 7) is 23.0. The van der Waals surface area contributed by atoms with E-state index in [9.17, 15) is 0 Å². The first-order valence-corrected chi connectivity index (χ1v) is 12.1. The van der Waals surface area contributed by atoms with Gasteiger partial charge < -0.3 is 4.74 Å². The third-order valence-corrected chi connectivity index (χ3v) is 4.50. The van der Waals surface area contributed by atoms with Gasteiger partial charge in [-0.2, -0.15) is 0 Å². The molecule has 0 spiro atoms. The van der Waals surface area contributed by atoms with Crippen molar-refractivity contribution in [3.63, 3.8) is 0 Å². The van der Waals surface area contributed by atoms with Crippen LogP contribution >= 0.6 is 0 Å². The molecule has 0 aliphatic heterocycles. The molecule has 1 aromatic carbocycles. The standard InChI is InChI=1S/C21H34OSi/c1-11-22-19-16(12-13-23(8,9)10)14-17(20(2,3)4)15-18(19)21(5,6)7/h14-15H,11H2,1-10H3. The topological polar surface area (TPSA) is 9.23 Å². The SMILES string of the molecule is CCOc1c(C#C[Si](C)(C)C)cc(C(C)(C)C)cc1C(C)(C)C. The third-order valence-electron chi connectivity index (χ3n) is 3.62. The zero-order valence-electron chi connectivity index (χ0n) is 16.8. The quantitative estimate of drug-likeness (QED) is 0.484. The van der Waals surface area contributed by atoms with Gasteiger partial charge >= 0.3 is 0 Å². The van der Waals surface area contributed by atoms with E-state index < -0.39 is 8.07 Å². The maximum absolute atomic E-state index is 6.04. The smallest absolute Gasteiger partial charge is 0.138 e. The van der Waals surface area contributed by atoms with Gasteiger partial charge in [-0.25, -0.2) is 0 Å². The lowest BCUT2D eigenvalue weighted by Gasteiger charge is -2.28. The normalized spacial score (nSPS) is 12.6. The highest BCUT2D eigenvalue weighted by atomic mass is 28.3. The summed E-state index contributed by atoms with van der Waals surface area (Å²) in [7, 11) is -1.43. The van der Waals surface area contributed by atoms with Crippen LogP contribution in [0.2, 0.25) is 19.6 Å². The predicted molar refractivity (Wildman–Crippen MR) is 105 cm³/mol. The Morgan fingerprint density at radius 2 is 1.52 bits per heavy atom. The van der Waals surface area contributed by atoms with E-state index >= 15 is 0 Å². The van der Waals surface area contributed by atoms with E-state index in [1.807, 2.05) is 6.92 Å². The van der Waals surface area contributed by atoms with E-state index in [1.165, 1.54) is 11.1 Å². The van der Waals surface area contributed by atoms with E-state index in [0.717, 1.165) is 11.3 Å². The van der Waals surface area contributed by atoms with E-state index in [-0.39, 0.29) is 10.8 Å². The van der Waals surface area contributed by atoms with Gasteiger partial charge in [0, 0.05) is 5.56 Å². The first-order valence-electron chi connectivity index (χ1n) is 8.60. The molecule has 0 radical (unpaired) electrons. The molecule has 1 aromatic rings. The summed E-state index contributed by atoms with van der Waals surface area (Å²) in [6, 6.07) is 4.54. The Balaban J connectivity index is 3.71. The fraction of sp³-hybridized carbons (Fsp3) is 0.619. The first kappa shape index (κ1) is 19.8. The van der Waals surface area contributed by atoms with Crippen LogP contribution in [0.15, 0.2) is 12.1 Å². The molecule has 0 atom stereocenters. The fourth-order valence-corrected chi connectivity index (χ4v) is 2.78. The van der Waals surface area contributed by atoms with Crippen LogP contribution in [0, 0.1) is 11.5 Å². The van der Waals surface area contributed by atoms with Gasteiger partial charge in [-0.1, -0.05) is 73.2 Å². The molecule has 0 heterocycles. The number of rotatable bonds is 2. The van der Waals surface area contributed by atoms with Gasteiger partial charge in [-0.15, -0.1) is 5.54 Å². The summed E-state index contributed by atoms with van der Waals surface area (Å²) >= 11 is 0. The minimum Gasteiger partial charge on any atom is -0.492 e. The average molecular weight is 331 g/mol. The Labute approximate surface area is 144 Å². The van der Waals surface area contributed by atoms with Crippen molar-refractivity contribution < 1.29 is 4.74 Å². The molecule has 128 valence electrons. The van der Waals surface area contributed by atoms with Gasteiger partial charge in [0.1, 0.15) is 13.8 Å². The molecule has 0 unspecified atom stereocenters.